The van der Waals surface area contributed by atoms with Gasteiger partial charge in [-0.3, -0.25) is 0 Å². The first-order chi connectivity index (χ1) is 16.5. The maximum atomic E-state index is 13.5. The van der Waals surface area contributed by atoms with Gasteiger partial charge in [-0.2, -0.15) is 0 Å². The SMILES string of the molecule is CC1(C)C[C@H]([C@@H]2OCCc3ccccc32)N(C(=O)OCC2c3ccccc3-c3ccccc32)C1. The van der Waals surface area contributed by atoms with Crippen LogP contribution in [-0.2, 0) is 15.9 Å². The van der Waals surface area contributed by atoms with Crippen molar-refractivity contribution in [3.63, 3.8) is 0 Å². The molecule has 4 heteroatoms. The summed E-state index contributed by atoms with van der Waals surface area (Å²) in [6, 6.07) is 25.4. The molecule has 1 amide bonds. The first kappa shape index (κ1) is 21.4. The van der Waals surface area contributed by atoms with Crippen molar-refractivity contribution >= 4 is 6.09 Å². The molecule has 3 aromatic rings. The van der Waals surface area contributed by atoms with Crippen LogP contribution in [0, 0.1) is 5.41 Å². The van der Waals surface area contributed by atoms with Gasteiger partial charge in [-0.25, -0.2) is 4.79 Å². The molecular formula is C30H31NO3. The second kappa shape index (κ2) is 8.28. The highest BCUT2D eigenvalue weighted by atomic mass is 16.6. The van der Waals surface area contributed by atoms with Crippen molar-refractivity contribution in [2.75, 3.05) is 19.8 Å². The van der Waals surface area contributed by atoms with Crippen LogP contribution < -0.4 is 0 Å². The molecule has 34 heavy (non-hydrogen) atoms. The number of fused-ring (bicyclic) bond motifs is 4. The van der Waals surface area contributed by atoms with Gasteiger partial charge < -0.3 is 14.4 Å². The van der Waals surface area contributed by atoms with E-state index in [0.29, 0.717) is 19.8 Å². The standard InChI is InChI=1S/C30H31NO3/c1-30(2)17-27(28-21-10-4-3-9-20(21)15-16-33-28)31(19-30)29(32)34-18-26-24-13-7-5-11-22(24)23-12-6-8-14-25(23)26/h3-14,26-28H,15-19H2,1-2H3/t27-,28-/m1/s1. The van der Waals surface area contributed by atoms with E-state index >= 15 is 0 Å². The van der Waals surface area contributed by atoms with Crippen molar-refractivity contribution < 1.29 is 14.3 Å². The van der Waals surface area contributed by atoms with Crippen LogP contribution in [-0.4, -0.2) is 36.8 Å². The van der Waals surface area contributed by atoms with Crippen LogP contribution >= 0.6 is 0 Å². The number of nitrogens with zero attached hydrogens (tertiary/aromatic N) is 1. The van der Waals surface area contributed by atoms with Crippen molar-refractivity contribution in [1.29, 1.82) is 0 Å². The largest absolute Gasteiger partial charge is 0.448 e. The summed E-state index contributed by atoms with van der Waals surface area (Å²) < 4.78 is 12.3. The highest BCUT2D eigenvalue weighted by molar-refractivity contribution is 5.79. The molecule has 0 N–H and O–H groups in total. The highest BCUT2D eigenvalue weighted by Crippen LogP contribution is 2.46. The molecule has 0 radical (unpaired) electrons. The van der Waals surface area contributed by atoms with E-state index in [1.165, 1.54) is 33.4 Å². The first-order valence-electron chi connectivity index (χ1n) is 12.3. The molecule has 174 valence electrons. The van der Waals surface area contributed by atoms with Crippen molar-refractivity contribution in [2.24, 2.45) is 5.41 Å². The molecule has 1 saturated heterocycles. The maximum Gasteiger partial charge on any atom is 0.410 e. The summed E-state index contributed by atoms with van der Waals surface area (Å²) in [7, 11) is 0. The van der Waals surface area contributed by atoms with Crippen LogP contribution in [0.2, 0.25) is 0 Å². The van der Waals surface area contributed by atoms with E-state index in [4.69, 9.17) is 9.47 Å². The molecule has 4 nitrogen and oxygen atoms in total. The zero-order chi connectivity index (χ0) is 23.3. The minimum atomic E-state index is -0.232. The van der Waals surface area contributed by atoms with E-state index in [2.05, 4.69) is 86.6 Å². The lowest BCUT2D eigenvalue weighted by Gasteiger charge is -2.35. The third-order valence-corrected chi connectivity index (χ3v) is 7.71. The number of benzene rings is 3. The number of amides is 1. The topological polar surface area (TPSA) is 38.8 Å². The molecule has 2 heterocycles. The molecular weight excluding hydrogens is 422 g/mol. The predicted octanol–water partition coefficient (Wildman–Crippen LogP) is 6.35. The Labute approximate surface area is 201 Å². The van der Waals surface area contributed by atoms with Gasteiger partial charge in [0.2, 0.25) is 0 Å². The highest BCUT2D eigenvalue weighted by Gasteiger charge is 2.46. The number of ether oxygens (including phenoxy) is 2. The fourth-order valence-corrected chi connectivity index (χ4v) is 6.21. The van der Waals surface area contributed by atoms with Gasteiger partial charge in [-0.1, -0.05) is 86.6 Å². The van der Waals surface area contributed by atoms with Gasteiger partial charge in [0.1, 0.15) is 12.7 Å². The Balaban J connectivity index is 1.24. The molecule has 3 aliphatic rings. The summed E-state index contributed by atoms with van der Waals surface area (Å²) in [6.45, 7) is 6.17. The quantitative estimate of drug-likeness (QED) is 0.464. The summed E-state index contributed by atoms with van der Waals surface area (Å²) in [4.78, 5) is 15.5. The molecule has 2 aliphatic heterocycles. The predicted molar refractivity (Wildman–Crippen MR) is 133 cm³/mol. The number of likely N-dealkylation sites (tertiary alicyclic amines) is 1. The molecule has 0 bridgehead atoms. The minimum Gasteiger partial charge on any atom is -0.448 e. The Morgan fingerprint density at radius 1 is 0.941 bits per heavy atom. The molecule has 1 aliphatic carbocycles. The number of hydrogen-bond acceptors (Lipinski definition) is 3. The molecule has 0 saturated carbocycles. The second-order valence-corrected chi connectivity index (χ2v) is 10.6. The molecule has 0 unspecified atom stereocenters. The number of hydrogen-bond donors (Lipinski definition) is 0. The maximum absolute atomic E-state index is 13.5. The van der Waals surface area contributed by atoms with Crippen molar-refractivity contribution in [3.05, 3.63) is 95.1 Å². The normalized spacial score (nSPS) is 22.7. The smallest absolute Gasteiger partial charge is 0.410 e. The summed E-state index contributed by atoms with van der Waals surface area (Å²) in [6.07, 6.45) is 1.49. The van der Waals surface area contributed by atoms with Gasteiger partial charge in [-0.05, 0) is 51.6 Å². The molecule has 0 aromatic heterocycles. The fraction of sp³-hybridized carbons (Fsp3) is 0.367. The van der Waals surface area contributed by atoms with Crippen LogP contribution in [0.15, 0.2) is 72.8 Å². The van der Waals surface area contributed by atoms with E-state index in [-0.39, 0.29) is 29.6 Å². The van der Waals surface area contributed by atoms with E-state index < -0.39 is 0 Å². The van der Waals surface area contributed by atoms with Gasteiger partial charge in [0.25, 0.3) is 0 Å². The Morgan fingerprint density at radius 2 is 1.56 bits per heavy atom. The van der Waals surface area contributed by atoms with Gasteiger partial charge >= 0.3 is 6.09 Å². The Hall–Kier alpha value is -3.11. The third-order valence-electron chi connectivity index (χ3n) is 7.71. The molecule has 3 aromatic carbocycles. The Bertz CT molecular complexity index is 1190. The number of carbonyl (C=O) groups excluding carboxylic acids is 1. The average molecular weight is 454 g/mol. The van der Waals surface area contributed by atoms with Gasteiger partial charge in [-0.15, -0.1) is 0 Å². The zero-order valence-corrected chi connectivity index (χ0v) is 19.9. The Morgan fingerprint density at radius 3 is 2.26 bits per heavy atom. The van der Waals surface area contributed by atoms with Gasteiger partial charge in [0, 0.05) is 12.5 Å². The van der Waals surface area contributed by atoms with Crippen LogP contribution in [0.3, 0.4) is 0 Å². The van der Waals surface area contributed by atoms with E-state index in [9.17, 15) is 4.79 Å². The van der Waals surface area contributed by atoms with E-state index in [1.54, 1.807) is 0 Å². The average Bonchev–Trinajstić information content (AvgIpc) is 3.36. The summed E-state index contributed by atoms with van der Waals surface area (Å²) >= 11 is 0. The lowest BCUT2D eigenvalue weighted by atomic mass is 9.86. The van der Waals surface area contributed by atoms with E-state index in [1.807, 2.05) is 4.90 Å². The van der Waals surface area contributed by atoms with Crippen molar-refractivity contribution in [2.45, 2.75) is 44.8 Å². The first-order valence-corrected chi connectivity index (χ1v) is 12.3. The minimum absolute atomic E-state index is 0.0198. The lowest BCUT2D eigenvalue weighted by molar-refractivity contribution is -0.0128. The van der Waals surface area contributed by atoms with Crippen molar-refractivity contribution in [1.82, 2.24) is 4.90 Å². The Kier molecular flexibility index (Phi) is 5.22. The van der Waals surface area contributed by atoms with Crippen LogP contribution in [0.1, 0.15) is 54.5 Å². The molecule has 1 fully saturated rings. The van der Waals surface area contributed by atoms with Gasteiger partial charge in [0.05, 0.1) is 12.6 Å². The number of carbonyl (C=O) groups is 1. The molecule has 6 rings (SSSR count). The lowest BCUT2D eigenvalue weighted by Crippen LogP contribution is -2.42. The summed E-state index contributed by atoms with van der Waals surface area (Å²) in [5, 5.41) is 0. The fourth-order valence-electron chi connectivity index (χ4n) is 6.21. The van der Waals surface area contributed by atoms with E-state index in [0.717, 1.165) is 12.8 Å². The molecule has 2 atom stereocenters. The summed E-state index contributed by atoms with van der Waals surface area (Å²) in [5.74, 6) is 0.0667. The van der Waals surface area contributed by atoms with Gasteiger partial charge in [0.15, 0.2) is 0 Å². The van der Waals surface area contributed by atoms with Crippen LogP contribution in [0.25, 0.3) is 11.1 Å². The summed E-state index contributed by atoms with van der Waals surface area (Å²) in [5.41, 5.74) is 7.52. The molecule has 0 spiro atoms. The third kappa shape index (κ3) is 3.61. The second-order valence-electron chi connectivity index (χ2n) is 10.6. The number of rotatable bonds is 3. The van der Waals surface area contributed by atoms with Crippen LogP contribution in [0.4, 0.5) is 4.79 Å². The van der Waals surface area contributed by atoms with Crippen LogP contribution in [0.5, 0.6) is 0 Å². The zero-order valence-electron chi connectivity index (χ0n) is 19.9. The monoisotopic (exact) mass is 453 g/mol. The van der Waals surface area contributed by atoms with Crippen molar-refractivity contribution in [3.8, 4) is 11.1 Å².